The zero-order valence-electron chi connectivity index (χ0n) is 28.6. The second-order valence-corrected chi connectivity index (χ2v) is 16.9. The standard InChI is InChI=1S/C38H42F2N6O3S/c1-25-9-13-31(14-10-25)50(48,49)46-30(20-44-15-5-6-26(2)19-44)17-32-33(27-11-12-27)21-45(36(47)35(32)46)29-8-4-7-28(16-29)37(22-38(39,40)23-37)18-34-42-41-24-43(34)3/h4,7-10,13-14,16-17,21,24,26-27H,5-6,11-12,15,18-20,22-23H2,1-3H3/t26-/m0/s1. The number of nitrogens with zero attached hydrogens (tertiary/aromatic N) is 6. The van der Waals surface area contributed by atoms with Crippen LogP contribution in [0.2, 0.25) is 0 Å². The van der Waals surface area contributed by atoms with E-state index in [9.17, 15) is 22.0 Å². The number of likely N-dealkylation sites (tertiary alicyclic amines) is 1. The van der Waals surface area contributed by atoms with Crippen molar-refractivity contribution in [3.8, 4) is 5.69 Å². The summed E-state index contributed by atoms with van der Waals surface area (Å²) in [4.78, 5) is 17.2. The Morgan fingerprint density at radius 1 is 1.02 bits per heavy atom. The molecule has 2 aliphatic carbocycles. The molecule has 5 aromatic rings. The zero-order chi connectivity index (χ0) is 35.0. The molecular formula is C38H42F2N6O3S. The molecule has 2 aromatic carbocycles. The van der Waals surface area contributed by atoms with Gasteiger partial charge in [0.1, 0.15) is 17.7 Å². The van der Waals surface area contributed by atoms with Crippen LogP contribution >= 0.6 is 0 Å². The van der Waals surface area contributed by atoms with E-state index < -0.39 is 26.9 Å². The highest BCUT2D eigenvalue weighted by molar-refractivity contribution is 7.90. The lowest BCUT2D eigenvalue weighted by Crippen LogP contribution is -2.51. The molecule has 12 heteroatoms. The molecule has 0 bridgehead atoms. The van der Waals surface area contributed by atoms with Crippen molar-refractivity contribution in [2.45, 2.75) is 87.5 Å². The van der Waals surface area contributed by atoms with Gasteiger partial charge >= 0.3 is 0 Å². The highest BCUT2D eigenvalue weighted by atomic mass is 32.2. The zero-order valence-corrected chi connectivity index (χ0v) is 29.5. The van der Waals surface area contributed by atoms with Crippen molar-refractivity contribution >= 4 is 20.9 Å². The van der Waals surface area contributed by atoms with Gasteiger partial charge in [0.05, 0.1) is 4.90 Å². The molecule has 3 fully saturated rings. The smallest absolute Gasteiger partial charge is 0.280 e. The van der Waals surface area contributed by atoms with Crippen LogP contribution in [0.5, 0.6) is 0 Å². The summed E-state index contributed by atoms with van der Waals surface area (Å²) in [7, 11) is -2.38. The molecule has 50 heavy (non-hydrogen) atoms. The minimum absolute atomic E-state index is 0.121. The summed E-state index contributed by atoms with van der Waals surface area (Å²) in [6.07, 6.45) is 7.06. The quantitative estimate of drug-likeness (QED) is 0.175. The molecule has 3 aliphatic rings. The van der Waals surface area contributed by atoms with Crippen LogP contribution in [0.15, 0.2) is 76.8 Å². The molecule has 4 heterocycles. The van der Waals surface area contributed by atoms with Crippen LogP contribution in [0, 0.1) is 12.8 Å². The lowest BCUT2D eigenvalue weighted by molar-refractivity contribution is -0.127. The Morgan fingerprint density at radius 2 is 1.78 bits per heavy atom. The maximum absolute atomic E-state index is 14.8. The summed E-state index contributed by atoms with van der Waals surface area (Å²) in [5.74, 6) is -1.51. The fourth-order valence-electron chi connectivity index (χ4n) is 8.25. The van der Waals surface area contributed by atoms with Gasteiger partial charge in [-0.25, -0.2) is 21.2 Å². The van der Waals surface area contributed by atoms with Gasteiger partial charge in [0, 0.05) is 67.8 Å². The molecule has 9 nitrogen and oxygen atoms in total. The van der Waals surface area contributed by atoms with Crippen molar-refractivity contribution in [3.05, 3.63) is 106 Å². The number of benzene rings is 2. The fraction of sp³-hybridized carbons (Fsp3) is 0.447. The number of alkyl halides is 2. The molecule has 0 unspecified atom stereocenters. The highest BCUT2D eigenvalue weighted by Gasteiger charge is 2.57. The van der Waals surface area contributed by atoms with Gasteiger partial charge < -0.3 is 4.57 Å². The van der Waals surface area contributed by atoms with E-state index in [0.717, 1.165) is 49.9 Å². The number of halogens is 2. The Bertz CT molecular complexity index is 2260. The van der Waals surface area contributed by atoms with Gasteiger partial charge in [0.15, 0.2) is 0 Å². The first-order valence-electron chi connectivity index (χ1n) is 17.5. The number of aryl methyl sites for hydroxylation is 2. The Morgan fingerprint density at radius 3 is 2.44 bits per heavy atom. The number of hydrogen-bond donors (Lipinski definition) is 0. The number of piperidine rings is 1. The summed E-state index contributed by atoms with van der Waals surface area (Å²) in [5, 5.41) is 8.80. The first-order chi connectivity index (χ1) is 23.8. The Balaban J connectivity index is 1.31. The van der Waals surface area contributed by atoms with Gasteiger partial charge in [-0.3, -0.25) is 14.3 Å². The summed E-state index contributed by atoms with van der Waals surface area (Å²) in [5.41, 5.74) is 2.41. The van der Waals surface area contributed by atoms with Crippen LogP contribution in [-0.2, 0) is 35.5 Å². The van der Waals surface area contributed by atoms with Crippen LogP contribution in [0.4, 0.5) is 8.78 Å². The third-order valence-corrected chi connectivity index (χ3v) is 12.7. The summed E-state index contributed by atoms with van der Waals surface area (Å²) in [6.45, 7) is 6.24. The molecule has 0 spiro atoms. The van der Waals surface area contributed by atoms with Crippen molar-refractivity contribution in [1.82, 2.24) is 28.2 Å². The van der Waals surface area contributed by atoms with E-state index in [4.69, 9.17) is 0 Å². The van der Waals surface area contributed by atoms with Crippen molar-refractivity contribution in [2.24, 2.45) is 13.0 Å². The predicted octanol–water partition coefficient (Wildman–Crippen LogP) is 6.49. The van der Waals surface area contributed by atoms with Gasteiger partial charge in [-0.15, -0.1) is 10.2 Å². The highest BCUT2D eigenvalue weighted by Crippen LogP contribution is 2.55. The molecule has 1 aliphatic heterocycles. The van der Waals surface area contributed by atoms with Crippen LogP contribution in [0.3, 0.4) is 0 Å². The fourth-order valence-corrected chi connectivity index (χ4v) is 9.77. The van der Waals surface area contributed by atoms with E-state index in [1.807, 2.05) is 31.3 Å². The lowest BCUT2D eigenvalue weighted by Gasteiger charge is -2.47. The van der Waals surface area contributed by atoms with Gasteiger partial charge in [-0.05, 0) is 92.4 Å². The van der Waals surface area contributed by atoms with E-state index in [1.54, 1.807) is 54.3 Å². The normalized spacial score (nSPS) is 20.6. The molecule has 262 valence electrons. The average Bonchev–Trinajstić information content (AvgIpc) is 3.72. The number of fused-ring (bicyclic) bond motifs is 1. The second-order valence-electron chi connectivity index (χ2n) is 15.1. The molecule has 2 saturated carbocycles. The maximum atomic E-state index is 14.8. The molecule has 0 radical (unpaired) electrons. The van der Waals surface area contributed by atoms with E-state index in [1.165, 1.54) is 8.54 Å². The average molecular weight is 701 g/mol. The van der Waals surface area contributed by atoms with Crippen LogP contribution < -0.4 is 5.56 Å². The van der Waals surface area contributed by atoms with E-state index in [2.05, 4.69) is 22.0 Å². The molecule has 0 amide bonds. The third kappa shape index (κ3) is 5.79. The molecular weight excluding hydrogens is 659 g/mol. The van der Waals surface area contributed by atoms with Crippen LogP contribution in [0.1, 0.15) is 79.6 Å². The minimum atomic E-state index is -4.17. The number of pyridine rings is 1. The van der Waals surface area contributed by atoms with Crippen LogP contribution in [0.25, 0.3) is 16.6 Å². The molecule has 8 rings (SSSR count). The third-order valence-electron chi connectivity index (χ3n) is 11.0. The summed E-state index contributed by atoms with van der Waals surface area (Å²) in [6, 6.07) is 15.9. The summed E-state index contributed by atoms with van der Waals surface area (Å²) < 4.78 is 63.0. The van der Waals surface area contributed by atoms with E-state index in [0.29, 0.717) is 40.6 Å². The number of aromatic nitrogens is 5. The molecule has 1 atom stereocenters. The first kappa shape index (κ1) is 33.0. The number of rotatable bonds is 9. The van der Waals surface area contributed by atoms with Gasteiger partial charge in [0.2, 0.25) is 5.92 Å². The SMILES string of the molecule is Cc1ccc(S(=O)(=O)n2c(CN3CCC[C@H](C)C3)cc3c(C4CC4)cn(-c4cccc(C5(Cc6nncn6C)CC(F)(F)C5)c4)c(=O)c32)cc1. The Labute approximate surface area is 290 Å². The van der Waals surface area contributed by atoms with Crippen LogP contribution in [-0.4, -0.2) is 55.6 Å². The predicted molar refractivity (Wildman–Crippen MR) is 188 cm³/mol. The maximum Gasteiger partial charge on any atom is 0.280 e. The topological polar surface area (TPSA) is 95.0 Å². The largest absolute Gasteiger partial charge is 0.321 e. The van der Waals surface area contributed by atoms with Gasteiger partial charge in [0.25, 0.3) is 15.6 Å². The van der Waals surface area contributed by atoms with Gasteiger partial charge in [-0.2, -0.15) is 0 Å². The molecule has 3 aromatic heterocycles. The summed E-state index contributed by atoms with van der Waals surface area (Å²) >= 11 is 0. The lowest BCUT2D eigenvalue weighted by atomic mass is 9.60. The van der Waals surface area contributed by atoms with Crippen molar-refractivity contribution < 1.29 is 17.2 Å². The van der Waals surface area contributed by atoms with Gasteiger partial charge in [-0.1, -0.05) is 36.8 Å². The molecule has 0 N–H and O–H groups in total. The first-order valence-corrected chi connectivity index (χ1v) is 18.9. The van der Waals surface area contributed by atoms with E-state index >= 15 is 0 Å². The Kier molecular flexibility index (Phi) is 7.90. The monoisotopic (exact) mass is 700 g/mol. The van der Waals surface area contributed by atoms with Crippen molar-refractivity contribution in [1.29, 1.82) is 0 Å². The minimum Gasteiger partial charge on any atom is -0.321 e. The van der Waals surface area contributed by atoms with Crippen molar-refractivity contribution in [3.63, 3.8) is 0 Å². The van der Waals surface area contributed by atoms with E-state index in [-0.39, 0.29) is 35.6 Å². The molecule has 1 saturated heterocycles. The second kappa shape index (κ2) is 12.0. The number of hydrogen-bond acceptors (Lipinski definition) is 6. The van der Waals surface area contributed by atoms with Crippen molar-refractivity contribution in [2.75, 3.05) is 13.1 Å². The Hall–Kier alpha value is -4.16.